The van der Waals surface area contributed by atoms with Gasteiger partial charge >= 0.3 is 0 Å². The third kappa shape index (κ3) is 5.06. The third-order valence-corrected chi connectivity index (χ3v) is 7.85. The summed E-state index contributed by atoms with van der Waals surface area (Å²) in [5.74, 6) is -0.137. The fraction of sp³-hybridized carbons (Fsp3) is 0.208. The molecule has 1 heterocycles. The van der Waals surface area contributed by atoms with E-state index in [9.17, 15) is 13.2 Å². The molecule has 160 valence electrons. The fourth-order valence-electron chi connectivity index (χ4n) is 3.60. The van der Waals surface area contributed by atoms with E-state index in [1.807, 2.05) is 48.5 Å². The molecule has 4 rings (SSSR count). The lowest BCUT2D eigenvalue weighted by Gasteiger charge is -2.15. The lowest BCUT2D eigenvalue weighted by Crippen LogP contribution is -2.27. The number of carbonyl (C=O) groups excluding carboxylic acids is 1. The van der Waals surface area contributed by atoms with Crippen LogP contribution in [0.5, 0.6) is 0 Å². The first-order chi connectivity index (χ1) is 14.9. The summed E-state index contributed by atoms with van der Waals surface area (Å²) in [7, 11) is -3.41. The first-order valence-corrected chi connectivity index (χ1v) is 12.4. The normalized spacial score (nSPS) is 14.5. The Hall–Kier alpha value is -2.48. The smallest absolute Gasteiger partial charge is 0.251 e. The van der Waals surface area contributed by atoms with Gasteiger partial charge in [-0.15, -0.1) is 0 Å². The average Bonchev–Trinajstić information content (AvgIpc) is 3.35. The maximum atomic E-state index is 12.7. The van der Waals surface area contributed by atoms with Crippen LogP contribution in [-0.4, -0.2) is 31.7 Å². The molecule has 0 aliphatic carbocycles. The molecular formula is C24H23BrN2O3S. The Kier molecular flexibility index (Phi) is 6.55. The highest BCUT2D eigenvalue weighted by Crippen LogP contribution is 2.25. The lowest BCUT2D eigenvalue weighted by molar-refractivity contribution is 0.0951. The summed E-state index contributed by atoms with van der Waals surface area (Å²) >= 11 is 3.40. The van der Waals surface area contributed by atoms with Gasteiger partial charge in [0.2, 0.25) is 10.0 Å². The highest BCUT2D eigenvalue weighted by Gasteiger charge is 2.26. The van der Waals surface area contributed by atoms with E-state index in [1.165, 1.54) is 0 Å². The Bertz CT molecular complexity index is 1150. The van der Waals surface area contributed by atoms with Crippen molar-refractivity contribution in [3.63, 3.8) is 0 Å². The van der Waals surface area contributed by atoms with Gasteiger partial charge in [0, 0.05) is 29.7 Å². The average molecular weight is 499 g/mol. The van der Waals surface area contributed by atoms with Gasteiger partial charge in [0.15, 0.2) is 0 Å². The van der Waals surface area contributed by atoms with Crippen LogP contribution in [-0.2, 0) is 16.6 Å². The van der Waals surface area contributed by atoms with E-state index in [4.69, 9.17) is 0 Å². The van der Waals surface area contributed by atoms with E-state index in [0.717, 1.165) is 34.0 Å². The van der Waals surface area contributed by atoms with Crippen LogP contribution < -0.4 is 5.32 Å². The summed E-state index contributed by atoms with van der Waals surface area (Å²) in [5, 5.41) is 2.92. The van der Waals surface area contributed by atoms with Gasteiger partial charge in [-0.1, -0.05) is 52.3 Å². The van der Waals surface area contributed by atoms with Crippen molar-refractivity contribution in [1.29, 1.82) is 0 Å². The Morgan fingerprint density at radius 1 is 0.839 bits per heavy atom. The van der Waals surface area contributed by atoms with Crippen LogP contribution in [0.3, 0.4) is 0 Å². The molecule has 0 unspecified atom stereocenters. The minimum absolute atomic E-state index is 0.137. The molecular weight excluding hydrogens is 476 g/mol. The number of nitrogens with zero attached hydrogens (tertiary/aromatic N) is 1. The van der Waals surface area contributed by atoms with Crippen LogP contribution >= 0.6 is 15.9 Å². The Morgan fingerprint density at radius 2 is 1.39 bits per heavy atom. The minimum atomic E-state index is -3.41. The predicted octanol–water partition coefficient (Wildman–Crippen LogP) is 4.83. The van der Waals surface area contributed by atoms with Gasteiger partial charge < -0.3 is 5.32 Å². The highest BCUT2D eigenvalue weighted by atomic mass is 79.9. The second-order valence-corrected chi connectivity index (χ2v) is 10.4. The molecule has 31 heavy (non-hydrogen) atoms. The van der Waals surface area contributed by atoms with Gasteiger partial charge in [-0.05, 0) is 65.9 Å². The molecule has 0 aromatic heterocycles. The second-order valence-electron chi connectivity index (χ2n) is 7.52. The maximum Gasteiger partial charge on any atom is 0.251 e. The number of hydrogen-bond acceptors (Lipinski definition) is 3. The summed E-state index contributed by atoms with van der Waals surface area (Å²) in [6, 6.07) is 22.0. The molecule has 1 aliphatic rings. The maximum absolute atomic E-state index is 12.7. The van der Waals surface area contributed by atoms with Crippen molar-refractivity contribution in [2.45, 2.75) is 24.3 Å². The van der Waals surface area contributed by atoms with E-state index in [1.54, 1.807) is 28.6 Å². The van der Waals surface area contributed by atoms with Crippen molar-refractivity contribution >= 4 is 31.9 Å². The molecule has 0 bridgehead atoms. The number of benzene rings is 3. The van der Waals surface area contributed by atoms with Gasteiger partial charge in [-0.2, -0.15) is 4.31 Å². The molecule has 0 radical (unpaired) electrons. The standard InChI is InChI=1S/C24H23BrN2O3S/c25-22-11-3-18(4-12-22)17-26-24(28)21-7-5-19(6-8-21)20-9-13-23(14-10-20)31(29,30)27-15-1-2-16-27/h3-14H,1-2,15-17H2,(H,26,28). The molecule has 1 N–H and O–H groups in total. The first-order valence-electron chi connectivity index (χ1n) is 10.2. The molecule has 7 heteroatoms. The van der Waals surface area contributed by atoms with Crippen LogP contribution in [0, 0.1) is 0 Å². The molecule has 5 nitrogen and oxygen atoms in total. The van der Waals surface area contributed by atoms with Crippen molar-refractivity contribution in [2.24, 2.45) is 0 Å². The molecule has 3 aromatic carbocycles. The summed E-state index contributed by atoms with van der Waals surface area (Å²) in [4.78, 5) is 12.7. The number of hydrogen-bond donors (Lipinski definition) is 1. The lowest BCUT2D eigenvalue weighted by atomic mass is 10.0. The number of halogens is 1. The van der Waals surface area contributed by atoms with Crippen molar-refractivity contribution in [2.75, 3.05) is 13.1 Å². The predicted molar refractivity (Wildman–Crippen MR) is 125 cm³/mol. The fourth-order valence-corrected chi connectivity index (χ4v) is 5.38. The van der Waals surface area contributed by atoms with E-state index in [-0.39, 0.29) is 5.91 Å². The Morgan fingerprint density at radius 3 is 1.97 bits per heavy atom. The summed E-state index contributed by atoms with van der Waals surface area (Å²) < 4.78 is 27.9. The molecule has 1 aliphatic heterocycles. The van der Waals surface area contributed by atoms with Gasteiger partial charge in [0.1, 0.15) is 0 Å². The largest absolute Gasteiger partial charge is 0.348 e. The van der Waals surface area contributed by atoms with Gasteiger partial charge in [-0.25, -0.2) is 8.42 Å². The highest BCUT2D eigenvalue weighted by molar-refractivity contribution is 9.10. The molecule has 0 spiro atoms. The monoisotopic (exact) mass is 498 g/mol. The van der Waals surface area contributed by atoms with Gasteiger partial charge in [0.25, 0.3) is 5.91 Å². The van der Waals surface area contributed by atoms with Crippen molar-refractivity contribution in [1.82, 2.24) is 9.62 Å². The van der Waals surface area contributed by atoms with Crippen LogP contribution in [0.15, 0.2) is 82.2 Å². The molecule has 0 atom stereocenters. The summed E-state index contributed by atoms with van der Waals surface area (Å²) in [5.41, 5.74) is 3.43. The van der Waals surface area contributed by atoms with Gasteiger partial charge in [-0.3, -0.25) is 4.79 Å². The third-order valence-electron chi connectivity index (χ3n) is 5.40. The summed E-state index contributed by atoms with van der Waals surface area (Å²) in [6.07, 6.45) is 1.83. The van der Waals surface area contributed by atoms with Gasteiger partial charge in [0.05, 0.1) is 4.90 Å². The zero-order valence-corrected chi connectivity index (χ0v) is 19.3. The van der Waals surface area contributed by atoms with Crippen LogP contribution in [0.1, 0.15) is 28.8 Å². The molecule has 0 saturated carbocycles. The zero-order chi connectivity index (χ0) is 21.8. The number of sulfonamides is 1. The van der Waals surface area contributed by atoms with Crippen LogP contribution in [0.25, 0.3) is 11.1 Å². The molecule has 1 fully saturated rings. The minimum Gasteiger partial charge on any atom is -0.348 e. The van der Waals surface area contributed by atoms with E-state index < -0.39 is 10.0 Å². The molecule has 3 aromatic rings. The first kappa shape index (κ1) is 21.7. The molecule has 1 amide bonds. The van der Waals surface area contributed by atoms with E-state index in [2.05, 4.69) is 21.2 Å². The summed E-state index contributed by atoms with van der Waals surface area (Å²) in [6.45, 7) is 1.64. The Labute approximate surface area is 191 Å². The quantitative estimate of drug-likeness (QED) is 0.529. The van der Waals surface area contributed by atoms with Crippen LogP contribution in [0.4, 0.5) is 0 Å². The van der Waals surface area contributed by atoms with Crippen molar-refractivity contribution in [3.8, 4) is 11.1 Å². The number of rotatable bonds is 6. The topological polar surface area (TPSA) is 66.5 Å². The van der Waals surface area contributed by atoms with Crippen molar-refractivity contribution < 1.29 is 13.2 Å². The number of carbonyl (C=O) groups is 1. The van der Waals surface area contributed by atoms with E-state index in [0.29, 0.717) is 30.1 Å². The van der Waals surface area contributed by atoms with Crippen molar-refractivity contribution in [3.05, 3.63) is 88.4 Å². The number of amides is 1. The Balaban J connectivity index is 1.41. The zero-order valence-electron chi connectivity index (χ0n) is 16.9. The SMILES string of the molecule is O=C(NCc1ccc(Br)cc1)c1ccc(-c2ccc(S(=O)(=O)N3CCCC3)cc2)cc1. The van der Waals surface area contributed by atoms with Crippen LogP contribution in [0.2, 0.25) is 0 Å². The molecule has 1 saturated heterocycles. The van der Waals surface area contributed by atoms with E-state index >= 15 is 0 Å². The number of nitrogens with one attached hydrogen (secondary N) is 1. The second kappa shape index (κ2) is 9.34.